The number of aromatic nitrogens is 1. The number of H-pyrrole nitrogens is 1. The second kappa shape index (κ2) is 5.70. The molecule has 2 N–H and O–H groups in total. The van der Waals surface area contributed by atoms with Crippen molar-refractivity contribution < 1.29 is 9.53 Å². The zero-order valence-corrected chi connectivity index (χ0v) is 10.2. The van der Waals surface area contributed by atoms with Crippen molar-refractivity contribution in [3.05, 3.63) is 24.0 Å². The van der Waals surface area contributed by atoms with Gasteiger partial charge in [-0.2, -0.15) is 0 Å². The number of nitrogens with one attached hydrogen (secondary N) is 2. The van der Waals surface area contributed by atoms with Crippen molar-refractivity contribution >= 4 is 5.97 Å². The van der Waals surface area contributed by atoms with E-state index in [0.717, 1.165) is 6.54 Å². The molecule has 1 heterocycles. The zero-order valence-electron chi connectivity index (χ0n) is 10.2. The molecule has 4 nitrogen and oxygen atoms in total. The van der Waals surface area contributed by atoms with Crippen LogP contribution in [-0.2, 0) is 16.1 Å². The van der Waals surface area contributed by atoms with Crippen LogP contribution >= 0.6 is 0 Å². The van der Waals surface area contributed by atoms with Crippen LogP contribution in [0.1, 0.15) is 32.8 Å². The summed E-state index contributed by atoms with van der Waals surface area (Å²) >= 11 is 0. The lowest BCUT2D eigenvalue weighted by Crippen LogP contribution is -2.26. The van der Waals surface area contributed by atoms with E-state index >= 15 is 0 Å². The van der Waals surface area contributed by atoms with Crippen LogP contribution < -0.4 is 5.32 Å². The number of ether oxygens (including phenoxy) is 1. The van der Waals surface area contributed by atoms with Crippen molar-refractivity contribution in [1.82, 2.24) is 10.3 Å². The van der Waals surface area contributed by atoms with Gasteiger partial charge in [0.25, 0.3) is 0 Å². The predicted molar refractivity (Wildman–Crippen MR) is 63.0 cm³/mol. The molecule has 0 spiro atoms. The average Bonchev–Trinajstić information content (AvgIpc) is 2.62. The van der Waals surface area contributed by atoms with Crippen LogP contribution in [0.4, 0.5) is 0 Å². The molecule has 0 saturated heterocycles. The SMILES string of the molecule is CC(C)(C)OC(=O)CCNCc1cc[nH]c1. The van der Waals surface area contributed by atoms with Crippen LogP contribution in [0.5, 0.6) is 0 Å². The first-order valence-corrected chi connectivity index (χ1v) is 5.51. The molecule has 0 aliphatic heterocycles. The summed E-state index contributed by atoms with van der Waals surface area (Å²) in [5.41, 5.74) is 0.793. The summed E-state index contributed by atoms with van der Waals surface area (Å²) in [6.45, 7) is 7.03. The molecular formula is C12H20N2O2. The largest absolute Gasteiger partial charge is 0.460 e. The number of hydrogen-bond donors (Lipinski definition) is 2. The summed E-state index contributed by atoms with van der Waals surface area (Å²) in [5.74, 6) is -0.158. The number of carbonyl (C=O) groups excluding carboxylic acids is 1. The van der Waals surface area contributed by atoms with Crippen LogP contribution in [-0.4, -0.2) is 23.1 Å². The zero-order chi connectivity index (χ0) is 12.0. The Balaban J connectivity index is 2.09. The van der Waals surface area contributed by atoms with Crippen LogP contribution in [0.2, 0.25) is 0 Å². The predicted octanol–water partition coefficient (Wildman–Crippen LogP) is 1.84. The third kappa shape index (κ3) is 5.56. The van der Waals surface area contributed by atoms with Crippen molar-refractivity contribution in [2.24, 2.45) is 0 Å². The molecule has 16 heavy (non-hydrogen) atoms. The van der Waals surface area contributed by atoms with Crippen molar-refractivity contribution in [3.8, 4) is 0 Å². The van der Waals surface area contributed by atoms with Crippen LogP contribution in [0.15, 0.2) is 18.5 Å². The van der Waals surface area contributed by atoms with Gasteiger partial charge in [-0.25, -0.2) is 0 Å². The molecular weight excluding hydrogens is 204 g/mol. The first-order chi connectivity index (χ1) is 7.47. The fraction of sp³-hybridized carbons (Fsp3) is 0.583. The van der Waals surface area contributed by atoms with Gasteiger partial charge in [0.2, 0.25) is 0 Å². The monoisotopic (exact) mass is 224 g/mol. The Kier molecular flexibility index (Phi) is 4.55. The Morgan fingerprint density at radius 3 is 2.81 bits per heavy atom. The molecule has 0 aliphatic carbocycles. The first kappa shape index (κ1) is 12.8. The Morgan fingerprint density at radius 2 is 2.25 bits per heavy atom. The van der Waals surface area contributed by atoms with E-state index in [9.17, 15) is 4.79 Å². The van der Waals surface area contributed by atoms with Crippen molar-refractivity contribution in [3.63, 3.8) is 0 Å². The van der Waals surface area contributed by atoms with Gasteiger partial charge in [-0.3, -0.25) is 4.79 Å². The summed E-state index contributed by atoms with van der Waals surface area (Å²) in [5, 5.41) is 3.18. The van der Waals surface area contributed by atoms with E-state index in [1.807, 2.05) is 39.2 Å². The Morgan fingerprint density at radius 1 is 1.50 bits per heavy atom. The van der Waals surface area contributed by atoms with Gasteiger partial charge in [0.1, 0.15) is 5.60 Å². The fourth-order valence-corrected chi connectivity index (χ4v) is 1.28. The Hall–Kier alpha value is -1.29. The summed E-state index contributed by atoms with van der Waals surface area (Å²) in [4.78, 5) is 14.3. The molecule has 0 aliphatic rings. The normalized spacial score (nSPS) is 11.4. The van der Waals surface area contributed by atoms with Gasteiger partial charge in [0, 0.05) is 25.5 Å². The van der Waals surface area contributed by atoms with Gasteiger partial charge in [0.05, 0.1) is 6.42 Å². The van der Waals surface area contributed by atoms with Gasteiger partial charge in [-0.05, 0) is 32.4 Å². The van der Waals surface area contributed by atoms with E-state index in [-0.39, 0.29) is 5.97 Å². The number of aromatic amines is 1. The highest BCUT2D eigenvalue weighted by atomic mass is 16.6. The van der Waals surface area contributed by atoms with Gasteiger partial charge < -0.3 is 15.0 Å². The quantitative estimate of drug-likeness (QED) is 0.592. The standard InChI is InChI=1S/C12H20N2O2/c1-12(2,3)16-11(15)5-7-14-9-10-4-6-13-8-10/h4,6,8,13-14H,5,7,9H2,1-3H3. The highest BCUT2D eigenvalue weighted by Gasteiger charge is 2.15. The maximum absolute atomic E-state index is 11.4. The van der Waals surface area contributed by atoms with E-state index in [0.29, 0.717) is 13.0 Å². The van der Waals surface area contributed by atoms with E-state index < -0.39 is 5.60 Å². The molecule has 1 aromatic heterocycles. The number of rotatable bonds is 5. The summed E-state index contributed by atoms with van der Waals surface area (Å²) in [7, 11) is 0. The molecule has 4 heteroatoms. The molecule has 90 valence electrons. The third-order valence-corrected chi connectivity index (χ3v) is 1.92. The van der Waals surface area contributed by atoms with Crippen LogP contribution in [0.3, 0.4) is 0 Å². The minimum absolute atomic E-state index is 0.158. The molecule has 0 atom stereocenters. The average molecular weight is 224 g/mol. The molecule has 0 unspecified atom stereocenters. The fourth-order valence-electron chi connectivity index (χ4n) is 1.28. The lowest BCUT2D eigenvalue weighted by atomic mass is 10.2. The van der Waals surface area contributed by atoms with E-state index in [2.05, 4.69) is 10.3 Å². The summed E-state index contributed by atoms with van der Waals surface area (Å²) in [6.07, 6.45) is 4.22. The maximum atomic E-state index is 11.4. The van der Waals surface area contributed by atoms with Gasteiger partial charge in [-0.1, -0.05) is 0 Å². The molecule has 1 aromatic rings. The van der Waals surface area contributed by atoms with Crippen LogP contribution in [0.25, 0.3) is 0 Å². The maximum Gasteiger partial charge on any atom is 0.307 e. The minimum Gasteiger partial charge on any atom is -0.460 e. The lowest BCUT2D eigenvalue weighted by molar-refractivity contribution is -0.154. The number of carbonyl (C=O) groups is 1. The second-order valence-electron chi connectivity index (χ2n) is 4.73. The summed E-state index contributed by atoms with van der Waals surface area (Å²) < 4.78 is 5.19. The molecule has 0 fully saturated rings. The second-order valence-corrected chi connectivity index (χ2v) is 4.73. The molecule has 0 saturated carbocycles. The summed E-state index contributed by atoms with van der Waals surface area (Å²) in [6, 6.07) is 2.00. The number of hydrogen-bond acceptors (Lipinski definition) is 3. The van der Waals surface area contributed by atoms with Gasteiger partial charge in [-0.15, -0.1) is 0 Å². The molecule has 0 aromatic carbocycles. The third-order valence-electron chi connectivity index (χ3n) is 1.92. The van der Waals surface area contributed by atoms with Crippen molar-refractivity contribution in [2.75, 3.05) is 6.54 Å². The van der Waals surface area contributed by atoms with Gasteiger partial charge in [0.15, 0.2) is 0 Å². The van der Waals surface area contributed by atoms with E-state index in [1.54, 1.807) is 0 Å². The Bertz CT molecular complexity index is 312. The Labute approximate surface area is 96.4 Å². The highest BCUT2D eigenvalue weighted by Crippen LogP contribution is 2.07. The minimum atomic E-state index is -0.391. The van der Waals surface area contributed by atoms with Crippen molar-refractivity contribution in [1.29, 1.82) is 0 Å². The van der Waals surface area contributed by atoms with E-state index in [4.69, 9.17) is 4.74 Å². The molecule has 1 rings (SSSR count). The molecule has 0 amide bonds. The topological polar surface area (TPSA) is 54.1 Å². The first-order valence-electron chi connectivity index (χ1n) is 5.51. The smallest absolute Gasteiger partial charge is 0.307 e. The van der Waals surface area contributed by atoms with Crippen molar-refractivity contribution in [2.45, 2.75) is 39.3 Å². The highest BCUT2D eigenvalue weighted by molar-refractivity contribution is 5.70. The van der Waals surface area contributed by atoms with E-state index in [1.165, 1.54) is 5.56 Å². The van der Waals surface area contributed by atoms with Gasteiger partial charge >= 0.3 is 5.97 Å². The van der Waals surface area contributed by atoms with Crippen LogP contribution in [0, 0.1) is 0 Å². The molecule has 0 bridgehead atoms. The number of esters is 1. The molecule has 0 radical (unpaired) electrons. The lowest BCUT2D eigenvalue weighted by Gasteiger charge is -2.19.